The Morgan fingerprint density at radius 2 is 1.70 bits per heavy atom. The number of anilines is 1. The molecule has 2 aromatic rings. The number of nitrogens with two attached hydrogens (primary N) is 1. The molecule has 2 N–H and O–H groups in total. The molecular weight excluding hydrogens is 405 g/mol. The first-order chi connectivity index (χ1) is 12.3. The quantitative estimate of drug-likeness (QED) is 0.825. The molecule has 0 aliphatic carbocycles. The van der Waals surface area contributed by atoms with Crippen LogP contribution in [-0.2, 0) is 32.6 Å². The molecule has 1 atom stereocenters. The Morgan fingerprint density at radius 1 is 1.04 bits per heavy atom. The van der Waals surface area contributed by atoms with Crippen LogP contribution in [0.1, 0.15) is 18.1 Å². The summed E-state index contributed by atoms with van der Waals surface area (Å²) in [6.07, 6.45) is -4.47. The first-order valence-corrected chi connectivity index (χ1v) is 10.7. The molecule has 27 heavy (non-hydrogen) atoms. The van der Waals surface area contributed by atoms with Gasteiger partial charge in [-0.25, -0.2) is 22.0 Å². The summed E-state index contributed by atoms with van der Waals surface area (Å²) in [6, 6.07) is 6.63. The van der Waals surface area contributed by atoms with Crippen molar-refractivity contribution in [2.45, 2.75) is 35.4 Å². The van der Waals surface area contributed by atoms with Gasteiger partial charge in [-0.05, 0) is 55.3 Å². The monoisotopic (exact) mass is 420 g/mol. The molecule has 6 nitrogen and oxygen atoms in total. The van der Waals surface area contributed by atoms with Crippen molar-refractivity contribution >= 4 is 25.7 Å². The third-order valence-electron chi connectivity index (χ3n) is 4.25. The van der Waals surface area contributed by atoms with Gasteiger partial charge in [-0.3, -0.25) is 4.31 Å². The van der Waals surface area contributed by atoms with Crippen LogP contribution in [0.15, 0.2) is 52.3 Å². The molecule has 2 aromatic carbocycles. The van der Waals surface area contributed by atoms with E-state index < -0.39 is 42.7 Å². The summed E-state index contributed by atoms with van der Waals surface area (Å²) in [5.74, 6) is 0. The van der Waals surface area contributed by atoms with Crippen molar-refractivity contribution in [3.63, 3.8) is 0 Å². The number of primary sulfonamides is 1. The van der Waals surface area contributed by atoms with Gasteiger partial charge in [0.15, 0.2) is 0 Å². The van der Waals surface area contributed by atoms with Crippen molar-refractivity contribution in [1.82, 2.24) is 0 Å². The Kier molecular flexibility index (Phi) is 4.52. The predicted octanol–water partition coefficient (Wildman–Crippen LogP) is 2.49. The molecule has 11 heteroatoms. The highest BCUT2D eigenvalue weighted by Crippen LogP contribution is 2.39. The van der Waals surface area contributed by atoms with E-state index in [1.165, 1.54) is 18.2 Å². The van der Waals surface area contributed by atoms with E-state index in [9.17, 15) is 30.0 Å². The summed E-state index contributed by atoms with van der Waals surface area (Å²) in [6.45, 7) is 1.59. The molecule has 3 rings (SSSR count). The summed E-state index contributed by atoms with van der Waals surface area (Å²) in [4.78, 5) is -0.653. The minimum Gasteiger partial charge on any atom is -0.263 e. The molecule has 0 saturated heterocycles. The molecule has 1 aliphatic rings. The minimum atomic E-state index is -4.68. The van der Waals surface area contributed by atoms with E-state index in [2.05, 4.69) is 0 Å². The van der Waals surface area contributed by atoms with E-state index in [0.717, 1.165) is 22.5 Å². The normalized spacial score (nSPS) is 17.8. The third-order valence-corrected chi connectivity index (χ3v) is 7.09. The lowest BCUT2D eigenvalue weighted by molar-refractivity contribution is -0.137. The maximum absolute atomic E-state index is 13.0. The lowest BCUT2D eigenvalue weighted by Crippen LogP contribution is -2.35. The SMILES string of the molecule is C[C@@H]1Cc2cc(S(N)(=O)=O)ccc2N1S(=O)(=O)c1cccc(C(F)(F)F)c1. The molecule has 1 heterocycles. The molecular formula is C16H15F3N2O4S2. The molecule has 0 radical (unpaired) electrons. The average Bonchev–Trinajstić information content (AvgIpc) is 2.88. The Balaban J connectivity index is 2.10. The summed E-state index contributed by atoms with van der Waals surface area (Å²) in [7, 11) is -8.24. The van der Waals surface area contributed by atoms with Crippen LogP contribution in [0.5, 0.6) is 0 Å². The van der Waals surface area contributed by atoms with Gasteiger partial charge in [-0.2, -0.15) is 13.2 Å². The molecule has 0 spiro atoms. The van der Waals surface area contributed by atoms with E-state index in [1.807, 2.05) is 0 Å². The minimum absolute atomic E-state index is 0.160. The topological polar surface area (TPSA) is 97.5 Å². The summed E-state index contributed by atoms with van der Waals surface area (Å²) >= 11 is 0. The van der Waals surface area contributed by atoms with Crippen LogP contribution in [-0.4, -0.2) is 22.9 Å². The number of halogens is 3. The Labute approximate surface area is 154 Å². The smallest absolute Gasteiger partial charge is 0.263 e. The van der Waals surface area contributed by atoms with Gasteiger partial charge < -0.3 is 0 Å². The van der Waals surface area contributed by atoms with Crippen molar-refractivity contribution in [2.24, 2.45) is 5.14 Å². The van der Waals surface area contributed by atoms with Crippen LogP contribution in [0, 0.1) is 0 Å². The van der Waals surface area contributed by atoms with Gasteiger partial charge in [-0.1, -0.05) is 6.07 Å². The summed E-state index contributed by atoms with van der Waals surface area (Å²) in [5, 5.41) is 5.09. The van der Waals surface area contributed by atoms with E-state index in [-0.39, 0.29) is 17.0 Å². The third kappa shape index (κ3) is 3.54. The molecule has 1 aliphatic heterocycles. The molecule has 0 amide bonds. The zero-order chi connectivity index (χ0) is 20.2. The number of fused-ring (bicyclic) bond motifs is 1. The highest BCUT2D eigenvalue weighted by Gasteiger charge is 2.38. The fraction of sp³-hybridized carbons (Fsp3) is 0.250. The van der Waals surface area contributed by atoms with Crippen LogP contribution in [0.2, 0.25) is 0 Å². The average molecular weight is 420 g/mol. The lowest BCUT2D eigenvalue weighted by atomic mass is 10.1. The number of nitrogens with zero attached hydrogens (tertiary/aromatic N) is 1. The fourth-order valence-electron chi connectivity index (χ4n) is 3.07. The van der Waals surface area contributed by atoms with Gasteiger partial charge in [0.05, 0.1) is 21.0 Å². The number of sulfonamides is 2. The highest BCUT2D eigenvalue weighted by atomic mass is 32.2. The van der Waals surface area contributed by atoms with Gasteiger partial charge in [0, 0.05) is 6.04 Å². The first kappa shape index (κ1) is 19.6. The Morgan fingerprint density at radius 3 is 2.30 bits per heavy atom. The molecule has 0 fully saturated rings. The van der Waals surface area contributed by atoms with Crippen molar-refractivity contribution in [3.8, 4) is 0 Å². The Bertz CT molecular complexity index is 1110. The Hall–Kier alpha value is -2.11. The van der Waals surface area contributed by atoms with E-state index in [1.54, 1.807) is 6.92 Å². The number of hydrogen-bond donors (Lipinski definition) is 1. The van der Waals surface area contributed by atoms with Crippen molar-refractivity contribution in [1.29, 1.82) is 0 Å². The van der Waals surface area contributed by atoms with Crippen LogP contribution in [0.25, 0.3) is 0 Å². The molecule has 146 valence electrons. The second-order valence-corrected chi connectivity index (χ2v) is 9.59. The van der Waals surface area contributed by atoms with E-state index in [0.29, 0.717) is 11.6 Å². The lowest BCUT2D eigenvalue weighted by Gasteiger charge is -2.25. The zero-order valence-corrected chi connectivity index (χ0v) is 15.6. The molecule has 0 bridgehead atoms. The van der Waals surface area contributed by atoms with Gasteiger partial charge in [-0.15, -0.1) is 0 Å². The molecule has 0 unspecified atom stereocenters. The number of benzene rings is 2. The fourth-order valence-corrected chi connectivity index (χ4v) is 5.37. The van der Waals surface area contributed by atoms with E-state index in [4.69, 9.17) is 5.14 Å². The summed E-state index contributed by atoms with van der Waals surface area (Å²) in [5.41, 5.74) is -0.419. The number of alkyl halides is 3. The van der Waals surface area contributed by atoms with Crippen LogP contribution < -0.4 is 9.44 Å². The van der Waals surface area contributed by atoms with Crippen molar-refractivity contribution < 1.29 is 30.0 Å². The molecule has 0 aromatic heterocycles. The van der Waals surface area contributed by atoms with Gasteiger partial charge in [0.25, 0.3) is 10.0 Å². The molecule has 0 saturated carbocycles. The first-order valence-electron chi connectivity index (χ1n) is 7.69. The van der Waals surface area contributed by atoms with Crippen LogP contribution >= 0.6 is 0 Å². The van der Waals surface area contributed by atoms with Gasteiger partial charge in [0.1, 0.15) is 0 Å². The predicted molar refractivity (Wildman–Crippen MR) is 92.1 cm³/mol. The number of hydrogen-bond acceptors (Lipinski definition) is 4. The van der Waals surface area contributed by atoms with E-state index >= 15 is 0 Å². The maximum atomic E-state index is 13.0. The number of rotatable bonds is 3. The summed E-state index contributed by atoms with van der Waals surface area (Å²) < 4.78 is 88.7. The van der Waals surface area contributed by atoms with Crippen LogP contribution in [0.3, 0.4) is 0 Å². The maximum Gasteiger partial charge on any atom is 0.416 e. The van der Waals surface area contributed by atoms with Crippen molar-refractivity contribution in [2.75, 3.05) is 4.31 Å². The van der Waals surface area contributed by atoms with Gasteiger partial charge >= 0.3 is 6.18 Å². The highest BCUT2D eigenvalue weighted by molar-refractivity contribution is 7.93. The second kappa shape index (κ2) is 6.21. The van der Waals surface area contributed by atoms with Crippen LogP contribution in [0.4, 0.5) is 18.9 Å². The largest absolute Gasteiger partial charge is 0.416 e. The van der Waals surface area contributed by atoms with Crippen molar-refractivity contribution in [3.05, 3.63) is 53.6 Å². The second-order valence-electron chi connectivity index (χ2n) is 6.22. The van der Waals surface area contributed by atoms with Gasteiger partial charge in [0.2, 0.25) is 10.0 Å². The zero-order valence-electron chi connectivity index (χ0n) is 13.9. The standard InChI is InChI=1S/C16H15F3N2O4S2/c1-10-7-11-8-13(26(20,22)23)5-6-15(11)21(10)27(24,25)14-4-2-3-12(9-14)16(17,18)19/h2-6,8-10H,7H2,1H3,(H2,20,22,23)/t10-/m1/s1.